The third kappa shape index (κ3) is 4.19. The Hall–Kier alpha value is -1.96. The van der Waals surface area contributed by atoms with Crippen molar-refractivity contribution in [1.29, 1.82) is 0 Å². The van der Waals surface area contributed by atoms with Crippen molar-refractivity contribution in [3.63, 3.8) is 0 Å². The number of phenols is 1. The molecule has 0 saturated carbocycles. The lowest BCUT2D eigenvalue weighted by molar-refractivity contribution is 0.415. The number of hydrogen-bond donors (Lipinski definition) is 1. The summed E-state index contributed by atoms with van der Waals surface area (Å²) < 4.78 is 4.91. The Morgan fingerprint density at radius 3 is 1.71 bits per heavy atom. The highest BCUT2D eigenvalue weighted by molar-refractivity contribution is 5.37. The van der Waals surface area contributed by atoms with E-state index in [1.807, 2.05) is 62.4 Å². The predicted octanol–water partition coefficient (Wildman–Crippen LogP) is 3.70. The first-order valence-electron chi connectivity index (χ1n) is 5.49. The van der Waals surface area contributed by atoms with Crippen LogP contribution >= 0.6 is 0 Å². The van der Waals surface area contributed by atoms with Crippen molar-refractivity contribution in [3.8, 4) is 11.5 Å². The molecule has 0 aliphatic carbocycles. The molecule has 2 rings (SSSR count). The summed E-state index contributed by atoms with van der Waals surface area (Å²) in [5, 5.41) is 9.21. The van der Waals surface area contributed by atoms with Gasteiger partial charge in [0.05, 0.1) is 7.11 Å². The van der Waals surface area contributed by atoms with Crippen LogP contribution in [0, 0.1) is 13.8 Å². The maximum atomic E-state index is 9.21. The smallest absolute Gasteiger partial charge is 0.121 e. The first-order chi connectivity index (χ1) is 8.15. The van der Waals surface area contributed by atoms with E-state index in [4.69, 9.17) is 4.74 Å². The second-order valence-electron chi connectivity index (χ2n) is 3.76. The molecule has 0 unspecified atom stereocenters. The minimum absolute atomic E-state index is 0.414. The number of rotatable bonds is 1. The van der Waals surface area contributed by atoms with Crippen LogP contribution in [0.5, 0.6) is 11.5 Å². The summed E-state index contributed by atoms with van der Waals surface area (Å²) in [7, 11) is 1.66. The summed E-state index contributed by atoms with van der Waals surface area (Å²) in [5.74, 6) is 1.32. The van der Waals surface area contributed by atoms with Gasteiger partial charge in [0.15, 0.2) is 0 Å². The Labute approximate surface area is 102 Å². The van der Waals surface area contributed by atoms with Crippen LogP contribution in [0.3, 0.4) is 0 Å². The van der Waals surface area contributed by atoms with Crippen LogP contribution in [0.15, 0.2) is 48.5 Å². The van der Waals surface area contributed by atoms with Gasteiger partial charge in [0.2, 0.25) is 0 Å². The Bertz CT molecular complexity index is 429. The average Bonchev–Trinajstić information content (AvgIpc) is 2.37. The summed E-state index contributed by atoms with van der Waals surface area (Å²) >= 11 is 0. The van der Waals surface area contributed by atoms with E-state index in [-0.39, 0.29) is 0 Å². The zero-order valence-corrected chi connectivity index (χ0v) is 10.5. The molecule has 0 radical (unpaired) electrons. The van der Waals surface area contributed by atoms with Crippen molar-refractivity contribution in [2.24, 2.45) is 0 Å². The Morgan fingerprint density at radius 1 is 0.824 bits per heavy atom. The molecule has 0 bridgehead atoms. The number of hydrogen-bond acceptors (Lipinski definition) is 2. The molecule has 17 heavy (non-hydrogen) atoms. The number of ether oxygens (including phenoxy) is 1. The molecular weight excluding hydrogens is 212 g/mol. The van der Waals surface area contributed by atoms with E-state index in [1.54, 1.807) is 7.11 Å². The van der Waals surface area contributed by atoms with Crippen molar-refractivity contribution < 1.29 is 9.84 Å². The molecule has 2 heteroatoms. The highest BCUT2D eigenvalue weighted by atomic mass is 16.5. The number of aryl methyl sites for hydroxylation is 2. The quantitative estimate of drug-likeness (QED) is 0.809. The average molecular weight is 230 g/mol. The second-order valence-corrected chi connectivity index (χ2v) is 3.76. The molecule has 0 atom stereocenters. The number of aromatic hydroxyl groups is 1. The lowest BCUT2D eigenvalue weighted by atomic mass is 10.1. The third-order valence-corrected chi connectivity index (χ3v) is 2.42. The molecule has 0 saturated heterocycles. The van der Waals surface area contributed by atoms with Gasteiger partial charge in [-0.15, -0.1) is 0 Å². The van der Waals surface area contributed by atoms with E-state index in [0.29, 0.717) is 5.75 Å². The normalized spacial score (nSPS) is 9.12. The van der Waals surface area contributed by atoms with E-state index in [0.717, 1.165) is 16.9 Å². The monoisotopic (exact) mass is 230 g/mol. The molecule has 2 nitrogen and oxygen atoms in total. The molecule has 0 amide bonds. The predicted molar refractivity (Wildman–Crippen MR) is 70.6 cm³/mol. The van der Waals surface area contributed by atoms with Crippen molar-refractivity contribution in [3.05, 3.63) is 59.7 Å². The van der Waals surface area contributed by atoms with Gasteiger partial charge in [-0.1, -0.05) is 36.4 Å². The summed E-state index contributed by atoms with van der Waals surface area (Å²) in [6.45, 7) is 3.78. The molecule has 2 aromatic carbocycles. The van der Waals surface area contributed by atoms with Crippen molar-refractivity contribution in [2.75, 3.05) is 7.11 Å². The van der Waals surface area contributed by atoms with Gasteiger partial charge in [0.25, 0.3) is 0 Å². The minimum atomic E-state index is 0.414. The van der Waals surface area contributed by atoms with E-state index in [2.05, 4.69) is 0 Å². The molecule has 2 aromatic rings. The fraction of sp³-hybridized carbons (Fsp3) is 0.200. The number of phenolic OH excluding ortho intramolecular Hbond substituents is 1. The van der Waals surface area contributed by atoms with E-state index >= 15 is 0 Å². The Balaban J connectivity index is 0.000000171. The topological polar surface area (TPSA) is 29.5 Å². The zero-order chi connectivity index (χ0) is 12.7. The molecule has 90 valence electrons. The summed E-state index contributed by atoms with van der Waals surface area (Å²) in [4.78, 5) is 0. The molecular formula is C15H18O2. The van der Waals surface area contributed by atoms with E-state index in [1.165, 1.54) is 0 Å². The van der Waals surface area contributed by atoms with Crippen LogP contribution in [-0.2, 0) is 0 Å². The van der Waals surface area contributed by atoms with Gasteiger partial charge in [-0.3, -0.25) is 0 Å². The SMILES string of the molecule is COc1ccccc1.Cc1cccc(C)c1O. The summed E-state index contributed by atoms with van der Waals surface area (Å²) in [6, 6.07) is 15.4. The maximum absolute atomic E-state index is 9.21. The lowest BCUT2D eigenvalue weighted by Gasteiger charge is -1.99. The van der Waals surface area contributed by atoms with Gasteiger partial charge in [0, 0.05) is 0 Å². The van der Waals surface area contributed by atoms with E-state index in [9.17, 15) is 5.11 Å². The van der Waals surface area contributed by atoms with Crippen LogP contribution in [0.2, 0.25) is 0 Å². The highest BCUT2D eigenvalue weighted by Crippen LogP contribution is 2.19. The first-order valence-corrected chi connectivity index (χ1v) is 5.49. The minimum Gasteiger partial charge on any atom is -0.507 e. The number of para-hydroxylation sites is 2. The zero-order valence-electron chi connectivity index (χ0n) is 10.5. The van der Waals surface area contributed by atoms with Gasteiger partial charge < -0.3 is 9.84 Å². The molecule has 0 aliphatic rings. The Kier molecular flexibility index (Phi) is 5.08. The van der Waals surface area contributed by atoms with Gasteiger partial charge >= 0.3 is 0 Å². The van der Waals surface area contributed by atoms with Gasteiger partial charge in [0.1, 0.15) is 11.5 Å². The van der Waals surface area contributed by atoms with Crippen LogP contribution in [0.4, 0.5) is 0 Å². The van der Waals surface area contributed by atoms with Gasteiger partial charge in [-0.05, 0) is 37.1 Å². The first kappa shape index (κ1) is 13.1. The molecule has 0 aliphatic heterocycles. The van der Waals surface area contributed by atoms with Crippen molar-refractivity contribution in [2.45, 2.75) is 13.8 Å². The number of benzene rings is 2. The largest absolute Gasteiger partial charge is 0.507 e. The third-order valence-electron chi connectivity index (χ3n) is 2.42. The standard InChI is InChI=1S/C8H10O.C7H8O/c1-6-4-3-5-7(2)8(6)9;1-8-7-5-3-2-4-6-7/h3-5,9H,1-2H3;2-6H,1H3. The molecule has 0 heterocycles. The van der Waals surface area contributed by atoms with Crippen molar-refractivity contribution >= 4 is 0 Å². The maximum Gasteiger partial charge on any atom is 0.121 e. The number of methoxy groups -OCH3 is 1. The fourth-order valence-electron chi connectivity index (χ4n) is 1.36. The Morgan fingerprint density at radius 2 is 1.35 bits per heavy atom. The summed E-state index contributed by atoms with van der Waals surface area (Å²) in [5.41, 5.74) is 1.88. The summed E-state index contributed by atoms with van der Waals surface area (Å²) in [6.07, 6.45) is 0. The fourth-order valence-corrected chi connectivity index (χ4v) is 1.36. The molecule has 1 N–H and O–H groups in total. The lowest BCUT2D eigenvalue weighted by Crippen LogP contribution is -1.78. The van der Waals surface area contributed by atoms with Crippen LogP contribution in [0.1, 0.15) is 11.1 Å². The van der Waals surface area contributed by atoms with Crippen LogP contribution < -0.4 is 4.74 Å². The molecule has 0 fully saturated rings. The molecule has 0 aromatic heterocycles. The van der Waals surface area contributed by atoms with Gasteiger partial charge in [-0.25, -0.2) is 0 Å². The molecule has 0 spiro atoms. The highest BCUT2D eigenvalue weighted by Gasteiger charge is 1.95. The second kappa shape index (κ2) is 6.59. The van der Waals surface area contributed by atoms with E-state index < -0.39 is 0 Å². The van der Waals surface area contributed by atoms with Crippen molar-refractivity contribution in [1.82, 2.24) is 0 Å². The van der Waals surface area contributed by atoms with Crippen LogP contribution in [0.25, 0.3) is 0 Å². The van der Waals surface area contributed by atoms with Gasteiger partial charge in [-0.2, -0.15) is 0 Å². The van der Waals surface area contributed by atoms with Crippen LogP contribution in [-0.4, -0.2) is 12.2 Å².